The van der Waals surface area contributed by atoms with E-state index in [1.54, 1.807) is 0 Å². The standard InChI is InChI=1S/C14H19N/c1-9(2)13-11(5)7-8-12(15-6)14(13)10(3)4/h7-8,15H,1,3H2,2,4-6H3. The molecule has 0 spiro atoms. The Morgan fingerprint density at radius 1 is 1.07 bits per heavy atom. The Balaban J connectivity index is 3.58. The van der Waals surface area contributed by atoms with Crippen LogP contribution in [0, 0.1) is 6.92 Å². The lowest BCUT2D eigenvalue weighted by Crippen LogP contribution is -1.99. The Morgan fingerprint density at radius 2 is 1.60 bits per heavy atom. The molecule has 0 aromatic heterocycles. The lowest BCUT2D eigenvalue weighted by molar-refractivity contribution is 1.36. The molecule has 0 amide bonds. The summed E-state index contributed by atoms with van der Waals surface area (Å²) in [6.45, 7) is 14.2. The second-order valence-electron chi connectivity index (χ2n) is 3.99. The number of rotatable bonds is 3. The van der Waals surface area contributed by atoms with E-state index in [1.807, 2.05) is 20.9 Å². The van der Waals surface area contributed by atoms with Gasteiger partial charge in [-0.3, -0.25) is 0 Å². The topological polar surface area (TPSA) is 12.0 Å². The van der Waals surface area contributed by atoms with Gasteiger partial charge in [-0.15, -0.1) is 0 Å². The molecule has 1 heteroatoms. The van der Waals surface area contributed by atoms with Crippen LogP contribution in [0.25, 0.3) is 11.1 Å². The third kappa shape index (κ3) is 2.12. The molecule has 1 N–H and O–H groups in total. The zero-order valence-electron chi connectivity index (χ0n) is 10.1. The van der Waals surface area contributed by atoms with Crippen molar-refractivity contribution in [1.82, 2.24) is 0 Å². The van der Waals surface area contributed by atoms with Crippen molar-refractivity contribution in [3.8, 4) is 0 Å². The summed E-state index contributed by atoms with van der Waals surface area (Å²) in [6.07, 6.45) is 0. The number of hydrogen-bond donors (Lipinski definition) is 1. The van der Waals surface area contributed by atoms with Crippen molar-refractivity contribution in [3.63, 3.8) is 0 Å². The van der Waals surface area contributed by atoms with Gasteiger partial charge in [-0.25, -0.2) is 0 Å². The van der Waals surface area contributed by atoms with Gasteiger partial charge in [0.1, 0.15) is 0 Å². The van der Waals surface area contributed by atoms with Crippen molar-refractivity contribution in [2.75, 3.05) is 12.4 Å². The number of anilines is 1. The molecule has 15 heavy (non-hydrogen) atoms. The summed E-state index contributed by atoms with van der Waals surface area (Å²) >= 11 is 0. The second kappa shape index (κ2) is 4.35. The Labute approximate surface area is 92.5 Å². The van der Waals surface area contributed by atoms with Crippen LogP contribution in [-0.4, -0.2) is 7.05 Å². The fraction of sp³-hybridized carbons (Fsp3) is 0.286. The van der Waals surface area contributed by atoms with Gasteiger partial charge in [-0.05, 0) is 43.5 Å². The summed E-state index contributed by atoms with van der Waals surface area (Å²) in [6, 6.07) is 4.20. The van der Waals surface area contributed by atoms with E-state index in [2.05, 4.69) is 37.5 Å². The first-order valence-electron chi connectivity index (χ1n) is 5.12. The highest BCUT2D eigenvalue weighted by molar-refractivity contribution is 5.85. The number of hydrogen-bond acceptors (Lipinski definition) is 1. The van der Waals surface area contributed by atoms with E-state index in [4.69, 9.17) is 0 Å². The smallest absolute Gasteiger partial charge is 0.0420 e. The highest BCUT2D eigenvalue weighted by Gasteiger charge is 2.11. The van der Waals surface area contributed by atoms with Crippen molar-refractivity contribution >= 4 is 16.8 Å². The summed E-state index contributed by atoms with van der Waals surface area (Å²) in [5.74, 6) is 0. The average molecular weight is 201 g/mol. The fourth-order valence-corrected chi connectivity index (χ4v) is 1.91. The SMILES string of the molecule is C=C(C)c1c(C)ccc(NC)c1C(=C)C. The van der Waals surface area contributed by atoms with Gasteiger partial charge < -0.3 is 5.32 Å². The summed E-state index contributed by atoms with van der Waals surface area (Å²) in [7, 11) is 1.93. The van der Waals surface area contributed by atoms with Gasteiger partial charge in [0.2, 0.25) is 0 Å². The van der Waals surface area contributed by atoms with E-state index in [9.17, 15) is 0 Å². The van der Waals surface area contributed by atoms with Crippen molar-refractivity contribution in [1.29, 1.82) is 0 Å². The maximum absolute atomic E-state index is 4.04. The first-order chi connectivity index (χ1) is 6.99. The molecule has 1 aromatic carbocycles. The second-order valence-corrected chi connectivity index (χ2v) is 3.99. The monoisotopic (exact) mass is 201 g/mol. The molecule has 1 nitrogen and oxygen atoms in total. The Hall–Kier alpha value is -1.50. The maximum Gasteiger partial charge on any atom is 0.0420 e. The highest BCUT2D eigenvalue weighted by atomic mass is 14.8. The maximum atomic E-state index is 4.04. The van der Waals surface area contributed by atoms with Crippen LogP contribution in [-0.2, 0) is 0 Å². The minimum atomic E-state index is 1.07. The van der Waals surface area contributed by atoms with Crippen molar-refractivity contribution < 1.29 is 0 Å². The van der Waals surface area contributed by atoms with Crippen LogP contribution in [0.3, 0.4) is 0 Å². The molecule has 0 saturated carbocycles. The zero-order chi connectivity index (χ0) is 11.6. The van der Waals surface area contributed by atoms with Gasteiger partial charge in [0.15, 0.2) is 0 Å². The minimum Gasteiger partial charge on any atom is -0.388 e. The molecule has 0 aliphatic carbocycles. The summed E-state index contributed by atoms with van der Waals surface area (Å²) < 4.78 is 0. The van der Waals surface area contributed by atoms with E-state index in [1.165, 1.54) is 16.7 Å². The van der Waals surface area contributed by atoms with E-state index >= 15 is 0 Å². The number of benzene rings is 1. The molecule has 0 aliphatic rings. The quantitative estimate of drug-likeness (QED) is 0.776. The van der Waals surface area contributed by atoms with Crippen LogP contribution in [0.1, 0.15) is 30.5 Å². The van der Waals surface area contributed by atoms with Gasteiger partial charge in [-0.1, -0.05) is 24.8 Å². The fourth-order valence-electron chi connectivity index (χ4n) is 1.91. The molecule has 0 saturated heterocycles. The zero-order valence-corrected chi connectivity index (χ0v) is 10.1. The predicted molar refractivity (Wildman–Crippen MR) is 70.1 cm³/mol. The molecule has 0 aliphatic heterocycles. The summed E-state index contributed by atoms with van der Waals surface area (Å²) in [5.41, 5.74) is 6.92. The molecule has 0 atom stereocenters. The summed E-state index contributed by atoms with van der Waals surface area (Å²) in [4.78, 5) is 0. The molecule has 0 radical (unpaired) electrons. The molecule has 0 unspecified atom stereocenters. The summed E-state index contributed by atoms with van der Waals surface area (Å²) in [5, 5.41) is 3.20. The normalized spacial score (nSPS) is 9.87. The van der Waals surface area contributed by atoms with E-state index in [-0.39, 0.29) is 0 Å². The first-order valence-corrected chi connectivity index (χ1v) is 5.12. The first kappa shape index (κ1) is 11.6. The Bertz CT molecular complexity index is 414. The Morgan fingerprint density at radius 3 is 2.00 bits per heavy atom. The molecule has 1 rings (SSSR count). The van der Waals surface area contributed by atoms with Crippen LogP contribution >= 0.6 is 0 Å². The van der Waals surface area contributed by atoms with Gasteiger partial charge in [0.05, 0.1) is 0 Å². The van der Waals surface area contributed by atoms with Crippen LogP contribution < -0.4 is 5.32 Å². The van der Waals surface area contributed by atoms with Crippen molar-refractivity contribution in [2.24, 2.45) is 0 Å². The largest absolute Gasteiger partial charge is 0.388 e. The molecule has 0 heterocycles. The number of aryl methyl sites for hydroxylation is 1. The average Bonchev–Trinajstić information content (AvgIpc) is 2.16. The number of allylic oxidation sites excluding steroid dienone is 2. The van der Waals surface area contributed by atoms with Crippen molar-refractivity contribution in [3.05, 3.63) is 42.0 Å². The van der Waals surface area contributed by atoms with E-state index in [0.29, 0.717) is 0 Å². The van der Waals surface area contributed by atoms with E-state index < -0.39 is 0 Å². The van der Waals surface area contributed by atoms with Gasteiger partial charge in [0.25, 0.3) is 0 Å². The van der Waals surface area contributed by atoms with Gasteiger partial charge >= 0.3 is 0 Å². The van der Waals surface area contributed by atoms with Crippen LogP contribution in [0.2, 0.25) is 0 Å². The highest BCUT2D eigenvalue weighted by Crippen LogP contribution is 2.32. The molecule has 1 aromatic rings. The van der Waals surface area contributed by atoms with Crippen LogP contribution in [0.15, 0.2) is 25.3 Å². The third-order valence-electron chi connectivity index (χ3n) is 2.54. The molecular weight excluding hydrogens is 182 g/mol. The third-order valence-corrected chi connectivity index (χ3v) is 2.54. The lowest BCUT2D eigenvalue weighted by atomic mass is 9.91. The molecule has 0 fully saturated rings. The lowest BCUT2D eigenvalue weighted by Gasteiger charge is -2.17. The number of nitrogens with one attached hydrogen (secondary N) is 1. The van der Waals surface area contributed by atoms with Crippen LogP contribution in [0.4, 0.5) is 5.69 Å². The predicted octanol–water partition coefficient (Wildman–Crippen LogP) is 4.10. The van der Waals surface area contributed by atoms with Crippen molar-refractivity contribution in [2.45, 2.75) is 20.8 Å². The molecular formula is C14H19N. The van der Waals surface area contributed by atoms with Gasteiger partial charge in [0, 0.05) is 18.3 Å². The Kier molecular flexibility index (Phi) is 3.35. The van der Waals surface area contributed by atoms with Crippen LogP contribution in [0.5, 0.6) is 0 Å². The molecule has 80 valence electrons. The van der Waals surface area contributed by atoms with Gasteiger partial charge in [-0.2, -0.15) is 0 Å². The van der Waals surface area contributed by atoms with E-state index in [0.717, 1.165) is 16.8 Å². The minimum absolute atomic E-state index is 1.07. The molecule has 0 bridgehead atoms.